The van der Waals surface area contributed by atoms with E-state index >= 15 is 0 Å². The van der Waals surface area contributed by atoms with Crippen LogP contribution in [0.25, 0.3) is 43.7 Å². The predicted molar refractivity (Wildman–Crippen MR) is 123 cm³/mol. The Morgan fingerprint density at radius 3 is 2.40 bits per heavy atom. The van der Waals surface area contributed by atoms with Gasteiger partial charge in [-0.3, -0.25) is 4.79 Å². The highest BCUT2D eigenvalue weighted by Crippen LogP contribution is 2.35. The molecule has 0 spiro atoms. The van der Waals surface area contributed by atoms with E-state index in [0.717, 1.165) is 22.0 Å². The van der Waals surface area contributed by atoms with E-state index < -0.39 is 0 Å². The van der Waals surface area contributed by atoms with Crippen molar-refractivity contribution in [1.29, 1.82) is 0 Å². The van der Waals surface area contributed by atoms with Crippen molar-refractivity contribution in [3.63, 3.8) is 0 Å². The number of para-hydroxylation sites is 1. The average Bonchev–Trinajstić information content (AvgIpc) is 3.13. The van der Waals surface area contributed by atoms with E-state index in [1.807, 2.05) is 26.8 Å². The predicted octanol–water partition coefficient (Wildman–Crippen LogP) is 6.12. The normalized spacial score (nSPS) is 11.6. The molecule has 2 aromatic heterocycles. The third kappa shape index (κ3) is 2.64. The quantitative estimate of drug-likeness (QED) is 0.368. The van der Waals surface area contributed by atoms with Crippen LogP contribution in [0, 0.1) is 13.8 Å². The molecule has 150 valence electrons. The molecular weight excluding hydrogens is 374 g/mol. The van der Waals surface area contributed by atoms with Crippen molar-refractivity contribution in [2.24, 2.45) is 7.05 Å². The Morgan fingerprint density at radius 2 is 1.60 bits per heavy atom. The maximum absolute atomic E-state index is 13.1. The SMILES string of the molecule is CCOc1cc(-c2ccc3c(c2)c2ccccc2n3C)cc(=O)c2c(C)oc(C)c12. The molecule has 0 atom stereocenters. The second-order valence-electron chi connectivity index (χ2n) is 7.68. The Morgan fingerprint density at radius 1 is 0.867 bits per heavy atom. The van der Waals surface area contributed by atoms with Crippen molar-refractivity contribution in [1.82, 2.24) is 4.57 Å². The molecule has 0 aliphatic heterocycles. The van der Waals surface area contributed by atoms with Crippen molar-refractivity contribution in [3.8, 4) is 16.9 Å². The zero-order valence-corrected chi connectivity index (χ0v) is 17.6. The first kappa shape index (κ1) is 18.5. The smallest absolute Gasteiger partial charge is 0.190 e. The molecule has 4 heteroatoms. The van der Waals surface area contributed by atoms with E-state index in [1.165, 1.54) is 16.3 Å². The number of furan rings is 1. The van der Waals surface area contributed by atoms with Crippen LogP contribution in [-0.2, 0) is 7.05 Å². The average molecular weight is 397 g/mol. The monoisotopic (exact) mass is 397 g/mol. The Hall–Kier alpha value is -3.53. The van der Waals surface area contributed by atoms with E-state index in [-0.39, 0.29) is 5.43 Å². The van der Waals surface area contributed by atoms with Gasteiger partial charge >= 0.3 is 0 Å². The minimum absolute atomic E-state index is 0.0571. The molecule has 0 saturated heterocycles. The number of hydrogen-bond acceptors (Lipinski definition) is 3. The minimum Gasteiger partial charge on any atom is -0.493 e. The topological polar surface area (TPSA) is 44.4 Å². The molecular formula is C26H23NO3. The zero-order chi connectivity index (χ0) is 21.0. The third-order valence-corrected chi connectivity index (χ3v) is 5.87. The molecule has 0 bridgehead atoms. The molecule has 5 aromatic rings. The van der Waals surface area contributed by atoms with Crippen LogP contribution in [0.2, 0.25) is 0 Å². The van der Waals surface area contributed by atoms with E-state index in [1.54, 1.807) is 6.07 Å². The highest BCUT2D eigenvalue weighted by molar-refractivity contribution is 6.09. The standard InChI is InChI=1S/C26H23NO3/c1-5-29-24-14-18(13-23(28)25-15(2)30-16(3)26(24)25)17-10-11-22-20(12-17)19-8-6-7-9-21(19)27(22)4/h6-14H,5H2,1-4H3. The fraction of sp³-hybridized carbons (Fsp3) is 0.192. The Bertz CT molecular complexity index is 1500. The molecule has 0 aliphatic carbocycles. The van der Waals surface area contributed by atoms with Crippen molar-refractivity contribution >= 4 is 32.6 Å². The number of benzene rings is 2. The summed E-state index contributed by atoms with van der Waals surface area (Å²) in [5.41, 5.74) is 4.12. The summed E-state index contributed by atoms with van der Waals surface area (Å²) in [6.45, 7) is 6.16. The summed E-state index contributed by atoms with van der Waals surface area (Å²) in [6.07, 6.45) is 0. The molecule has 5 rings (SSSR count). The molecule has 0 fully saturated rings. The Balaban J connectivity index is 1.84. The summed E-state index contributed by atoms with van der Waals surface area (Å²) in [5, 5.41) is 3.72. The van der Waals surface area contributed by atoms with Crippen LogP contribution in [0.4, 0.5) is 0 Å². The molecule has 30 heavy (non-hydrogen) atoms. The van der Waals surface area contributed by atoms with Crippen LogP contribution >= 0.6 is 0 Å². The van der Waals surface area contributed by atoms with Gasteiger partial charge in [-0.1, -0.05) is 24.3 Å². The highest BCUT2D eigenvalue weighted by atomic mass is 16.5. The number of aromatic nitrogens is 1. The summed E-state index contributed by atoms with van der Waals surface area (Å²) in [4.78, 5) is 13.1. The van der Waals surface area contributed by atoms with E-state index in [9.17, 15) is 4.79 Å². The molecule has 0 aliphatic rings. The number of nitrogens with zero attached hydrogens (tertiary/aromatic N) is 1. The minimum atomic E-state index is -0.0571. The largest absolute Gasteiger partial charge is 0.493 e. The van der Waals surface area contributed by atoms with Gasteiger partial charge in [-0.05, 0) is 62.2 Å². The summed E-state index contributed by atoms with van der Waals surface area (Å²) in [6, 6.07) is 18.4. The fourth-order valence-corrected chi connectivity index (χ4v) is 4.53. The van der Waals surface area contributed by atoms with Gasteiger partial charge in [0, 0.05) is 28.9 Å². The molecule has 2 heterocycles. The van der Waals surface area contributed by atoms with Gasteiger partial charge in [0.05, 0.1) is 17.4 Å². The lowest BCUT2D eigenvalue weighted by molar-refractivity contribution is 0.344. The summed E-state index contributed by atoms with van der Waals surface area (Å²) >= 11 is 0. The number of ether oxygens (including phenoxy) is 1. The first-order chi connectivity index (χ1) is 14.5. The van der Waals surface area contributed by atoms with Crippen molar-refractivity contribution in [3.05, 3.63) is 76.3 Å². The van der Waals surface area contributed by atoms with Crippen LogP contribution in [-0.4, -0.2) is 11.2 Å². The van der Waals surface area contributed by atoms with Gasteiger partial charge in [-0.25, -0.2) is 0 Å². The summed E-state index contributed by atoms with van der Waals surface area (Å²) in [5.74, 6) is 2.01. The lowest BCUT2D eigenvalue weighted by Gasteiger charge is -2.05. The molecule has 0 amide bonds. The van der Waals surface area contributed by atoms with Gasteiger partial charge in [0.1, 0.15) is 17.3 Å². The van der Waals surface area contributed by atoms with E-state index in [0.29, 0.717) is 29.3 Å². The molecule has 0 radical (unpaired) electrons. The van der Waals surface area contributed by atoms with Gasteiger partial charge < -0.3 is 13.7 Å². The van der Waals surface area contributed by atoms with Crippen LogP contribution in [0.3, 0.4) is 0 Å². The molecule has 0 saturated carbocycles. The second-order valence-corrected chi connectivity index (χ2v) is 7.68. The van der Waals surface area contributed by atoms with Crippen LogP contribution in [0.5, 0.6) is 5.75 Å². The molecule has 3 aromatic carbocycles. The van der Waals surface area contributed by atoms with Crippen LogP contribution in [0.15, 0.2) is 63.8 Å². The number of fused-ring (bicyclic) bond motifs is 4. The Kier molecular flexibility index (Phi) is 4.17. The second kappa shape index (κ2) is 6.77. The van der Waals surface area contributed by atoms with Gasteiger partial charge in [-0.15, -0.1) is 0 Å². The zero-order valence-electron chi connectivity index (χ0n) is 17.6. The van der Waals surface area contributed by atoms with Crippen LogP contribution < -0.4 is 10.2 Å². The lowest BCUT2D eigenvalue weighted by Crippen LogP contribution is -1.96. The van der Waals surface area contributed by atoms with E-state index in [4.69, 9.17) is 9.15 Å². The lowest BCUT2D eigenvalue weighted by atomic mass is 10.0. The summed E-state index contributed by atoms with van der Waals surface area (Å²) < 4.78 is 13.9. The van der Waals surface area contributed by atoms with Crippen molar-refractivity contribution in [2.75, 3.05) is 6.61 Å². The van der Waals surface area contributed by atoms with Gasteiger partial charge in [0.15, 0.2) is 5.43 Å². The Labute approximate surface area is 174 Å². The number of hydrogen-bond donors (Lipinski definition) is 0. The van der Waals surface area contributed by atoms with Crippen molar-refractivity contribution in [2.45, 2.75) is 20.8 Å². The molecule has 0 unspecified atom stereocenters. The fourth-order valence-electron chi connectivity index (χ4n) is 4.53. The van der Waals surface area contributed by atoms with Gasteiger partial charge in [0.2, 0.25) is 0 Å². The van der Waals surface area contributed by atoms with Gasteiger partial charge in [-0.2, -0.15) is 0 Å². The molecule has 4 nitrogen and oxygen atoms in total. The van der Waals surface area contributed by atoms with Crippen LogP contribution in [0.1, 0.15) is 18.4 Å². The van der Waals surface area contributed by atoms with E-state index in [2.05, 4.69) is 54.1 Å². The first-order valence-electron chi connectivity index (χ1n) is 10.2. The third-order valence-electron chi connectivity index (χ3n) is 5.87. The maximum Gasteiger partial charge on any atom is 0.190 e. The summed E-state index contributed by atoms with van der Waals surface area (Å²) in [7, 11) is 2.08. The highest BCUT2D eigenvalue weighted by Gasteiger charge is 2.17. The molecule has 0 N–H and O–H groups in total. The first-order valence-corrected chi connectivity index (χ1v) is 10.2. The number of rotatable bonds is 3. The number of aryl methyl sites for hydroxylation is 3. The van der Waals surface area contributed by atoms with Gasteiger partial charge in [0.25, 0.3) is 0 Å². The van der Waals surface area contributed by atoms with Crippen molar-refractivity contribution < 1.29 is 9.15 Å². The maximum atomic E-state index is 13.1.